The lowest BCUT2D eigenvalue weighted by Crippen LogP contribution is -2.31. The van der Waals surface area contributed by atoms with Gasteiger partial charge < -0.3 is 14.6 Å². The van der Waals surface area contributed by atoms with Crippen molar-refractivity contribution in [2.24, 2.45) is 0 Å². The van der Waals surface area contributed by atoms with Crippen molar-refractivity contribution in [2.75, 3.05) is 13.6 Å². The molecular formula is C18H21N3O5. The summed E-state index contributed by atoms with van der Waals surface area (Å²) < 4.78 is 4.98. The van der Waals surface area contributed by atoms with Crippen molar-refractivity contribution in [1.82, 2.24) is 10.2 Å². The van der Waals surface area contributed by atoms with Gasteiger partial charge in [-0.3, -0.25) is 19.7 Å². The molecule has 0 fully saturated rings. The molecule has 1 atom stereocenters. The van der Waals surface area contributed by atoms with Crippen LogP contribution in [0.25, 0.3) is 0 Å². The smallest absolute Gasteiger partial charge is 0.286 e. The zero-order valence-corrected chi connectivity index (χ0v) is 14.7. The van der Waals surface area contributed by atoms with Crippen LogP contribution in [0.15, 0.2) is 47.1 Å². The summed E-state index contributed by atoms with van der Waals surface area (Å²) in [5.74, 6) is -0.190. The van der Waals surface area contributed by atoms with Gasteiger partial charge in [0, 0.05) is 32.1 Å². The van der Waals surface area contributed by atoms with E-state index in [0.29, 0.717) is 18.5 Å². The summed E-state index contributed by atoms with van der Waals surface area (Å²) in [4.78, 5) is 36.0. The van der Waals surface area contributed by atoms with E-state index in [1.54, 1.807) is 36.2 Å². The summed E-state index contributed by atoms with van der Waals surface area (Å²) in [5.41, 5.74) is 0.692. The van der Waals surface area contributed by atoms with Crippen molar-refractivity contribution in [3.8, 4) is 0 Å². The first-order valence-corrected chi connectivity index (χ1v) is 8.22. The minimum absolute atomic E-state index is 0.00385. The number of nitrogens with zero attached hydrogens (tertiary/aromatic N) is 2. The van der Waals surface area contributed by atoms with Gasteiger partial charge in [-0.15, -0.1) is 0 Å². The van der Waals surface area contributed by atoms with Gasteiger partial charge in [0.1, 0.15) is 0 Å². The Bertz CT molecular complexity index is 773. The zero-order valence-electron chi connectivity index (χ0n) is 14.7. The van der Waals surface area contributed by atoms with Crippen LogP contribution in [0.4, 0.5) is 5.69 Å². The minimum Gasteiger partial charge on any atom is -0.459 e. The molecule has 0 saturated carbocycles. The second-order valence-corrected chi connectivity index (χ2v) is 5.87. The number of benzene rings is 1. The number of amides is 2. The molecule has 2 rings (SSSR count). The number of nitro groups is 1. The Morgan fingerprint density at radius 3 is 2.73 bits per heavy atom. The van der Waals surface area contributed by atoms with E-state index in [-0.39, 0.29) is 35.7 Å². The van der Waals surface area contributed by atoms with Gasteiger partial charge in [0.25, 0.3) is 11.6 Å². The fourth-order valence-corrected chi connectivity index (χ4v) is 2.45. The summed E-state index contributed by atoms with van der Waals surface area (Å²) in [6.45, 7) is 2.17. The number of carbonyl (C=O) groups excluding carboxylic acids is 2. The van der Waals surface area contributed by atoms with E-state index in [1.165, 1.54) is 18.4 Å². The van der Waals surface area contributed by atoms with E-state index in [1.807, 2.05) is 6.92 Å². The third-order valence-electron chi connectivity index (χ3n) is 4.14. The van der Waals surface area contributed by atoms with Crippen molar-refractivity contribution in [3.05, 3.63) is 64.1 Å². The summed E-state index contributed by atoms with van der Waals surface area (Å²) in [5, 5.41) is 13.6. The third-order valence-corrected chi connectivity index (χ3v) is 4.14. The lowest BCUT2D eigenvalue weighted by atomic mass is 10.1. The summed E-state index contributed by atoms with van der Waals surface area (Å²) in [6.07, 6.45) is 2.16. The molecule has 8 nitrogen and oxygen atoms in total. The molecule has 8 heteroatoms. The van der Waals surface area contributed by atoms with Gasteiger partial charge in [-0.25, -0.2) is 0 Å². The average molecular weight is 359 g/mol. The van der Waals surface area contributed by atoms with Crippen molar-refractivity contribution in [1.29, 1.82) is 0 Å². The molecule has 1 aromatic carbocycles. The molecule has 0 bridgehead atoms. The summed E-state index contributed by atoms with van der Waals surface area (Å²) in [7, 11) is 1.66. The standard InChI is InChI=1S/C18H21N3O5/c1-13(14-6-3-7-15(12-14)21(24)25)20(2)17(22)9-4-10-19-18(23)16-8-5-11-26-16/h3,5-8,11-13H,4,9-10H2,1-2H3,(H,19,23)/t13-/m0/s1. The van der Waals surface area contributed by atoms with E-state index in [4.69, 9.17) is 4.42 Å². The predicted octanol–water partition coefficient (Wildman–Crippen LogP) is 2.92. The van der Waals surface area contributed by atoms with Gasteiger partial charge in [0.05, 0.1) is 17.2 Å². The Labute approximate surface area is 150 Å². The number of non-ortho nitro benzene ring substituents is 1. The molecule has 0 aliphatic rings. The number of nitrogens with one attached hydrogen (secondary N) is 1. The van der Waals surface area contributed by atoms with E-state index in [0.717, 1.165) is 0 Å². The Hall–Kier alpha value is -3.16. The highest BCUT2D eigenvalue weighted by Crippen LogP contribution is 2.23. The van der Waals surface area contributed by atoms with Crippen molar-refractivity contribution >= 4 is 17.5 Å². The molecular weight excluding hydrogens is 338 g/mol. The van der Waals surface area contributed by atoms with Crippen LogP contribution < -0.4 is 5.32 Å². The lowest BCUT2D eigenvalue weighted by Gasteiger charge is -2.25. The molecule has 138 valence electrons. The molecule has 2 amide bonds. The molecule has 0 aliphatic carbocycles. The molecule has 1 aromatic heterocycles. The van der Waals surface area contributed by atoms with Crippen molar-refractivity contribution in [2.45, 2.75) is 25.8 Å². The van der Waals surface area contributed by atoms with E-state index >= 15 is 0 Å². The van der Waals surface area contributed by atoms with Crippen molar-refractivity contribution < 1.29 is 18.9 Å². The van der Waals surface area contributed by atoms with Gasteiger partial charge in [0.15, 0.2) is 5.76 Å². The Kier molecular flexibility index (Phi) is 6.48. The molecule has 26 heavy (non-hydrogen) atoms. The number of rotatable bonds is 8. The fourth-order valence-electron chi connectivity index (χ4n) is 2.45. The number of nitro benzene ring substituents is 1. The molecule has 0 radical (unpaired) electrons. The zero-order chi connectivity index (χ0) is 19.1. The van der Waals surface area contributed by atoms with Crippen LogP contribution in [-0.2, 0) is 4.79 Å². The van der Waals surface area contributed by atoms with Crippen molar-refractivity contribution in [3.63, 3.8) is 0 Å². The molecule has 1 heterocycles. The minimum atomic E-state index is -0.459. The topological polar surface area (TPSA) is 106 Å². The van der Waals surface area contributed by atoms with Crippen LogP contribution in [0, 0.1) is 10.1 Å². The molecule has 0 unspecified atom stereocenters. The largest absolute Gasteiger partial charge is 0.459 e. The van der Waals surface area contributed by atoms with Crippen LogP contribution in [0.5, 0.6) is 0 Å². The first-order chi connectivity index (χ1) is 12.4. The van der Waals surface area contributed by atoms with Crippen LogP contribution >= 0.6 is 0 Å². The second kappa shape index (κ2) is 8.80. The molecule has 0 spiro atoms. The Balaban J connectivity index is 1.82. The SMILES string of the molecule is C[C@@H](c1cccc([N+](=O)[O-])c1)N(C)C(=O)CCCNC(=O)c1ccco1. The first kappa shape index (κ1) is 19.2. The normalized spacial score (nSPS) is 11.6. The van der Waals surface area contributed by atoms with Gasteiger partial charge >= 0.3 is 0 Å². The maximum atomic E-state index is 12.3. The molecule has 0 aliphatic heterocycles. The fraction of sp³-hybridized carbons (Fsp3) is 0.333. The van der Waals surface area contributed by atoms with E-state index < -0.39 is 4.92 Å². The highest BCUT2D eigenvalue weighted by atomic mass is 16.6. The first-order valence-electron chi connectivity index (χ1n) is 8.22. The Morgan fingerprint density at radius 1 is 1.31 bits per heavy atom. The number of hydrogen-bond acceptors (Lipinski definition) is 5. The summed E-state index contributed by atoms with van der Waals surface area (Å²) in [6, 6.07) is 9.15. The number of carbonyl (C=O) groups is 2. The quantitative estimate of drug-likeness (QED) is 0.443. The Morgan fingerprint density at radius 2 is 2.08 bits per heavy atom. The third kappa shape index (κ3) is 4.92. The monoisotopic (exact) mass is 359 g/mol. The van der Waals surface area contributed by atoms with E-state index in [9.17, 15) is 19.7 Å². The van der Waals surface area contributed by atoms with E-state index in [2.05, 4.69) is 5.32 Å². The average Bonchev–Trinajstić information content (AvgIpc) is 3.18. The van der Waals surface area contributed by atoms with Gasteiger partial charge in [-0.2, -0.15) is 0 Å². The molecule has 2 aromatic rings. The van der Waals surface area contributed by atoms with Gasteiger partial charge in [0.2, 0.25) is 5.91 Å². The van der Waals surface area contributed by atoms with Crippen LogP contribution in [0.1, 0.15) is 41.9 Å². The summed E-state index contributed by atoms with van der Waals surface area (Å²) >= 11 is 0. The predicted molar refractivity (Wildman–Crippen MR) is 94.6 cm³/mol. The highest BCUT2D eigenvalue weighted by molar-refractivity contribution is 5.91. The van der Waals surface area contributed by atoms with Crippen LogP contribution in [-0.4, -0.2) is 35.2 Å². The van der Waals surface area contributed by atoms with Gasteiger partial charge in [-0.05, 0) is 31.0 Å². The maximum absolute atomic E-state index is 12.3. The second-order valence-electron chi connectivity index (χ2n) is 5.87. The van der Waals surface area contributed by atoms with Crippen LogP contribution in [0.2, 0.25) is 0 Å². The highest BCUT2D eigenvalue weighted by Gasteiger charge is 2.19. The number of hydrogen-bond donors (Lipinski definition) is 1. The lowest BCUT2D eigenvalue weighted by molar-refractivity contribution is -0.384. The maximum Gasteiger partial charge on any atom is 0.286 e. The number of furan rings is 1. The molecule has 1 N–H and O–H groups in total. The molecule has 0 saturated heterocycles. The van der Waals surface area contributed by atoms with Crippen LogP contribution in [0.3, 0.4) is 0 Å². The van der Waals surface area contributed by atoms with Gasteiger partial charge in [-0.1, -0.05) is 12.1 Å².